The van der Waals surface area contributed by atoms with E-state index in [2.05, 4.69) is 21.8 Å². The van der Waals surface area contributed by atoms with Crippen LogP contribution in [0.1, 0.15) is 21.5 Å². The number of fused-ring (bicyclic) bond motifs is 1. The van der Waals surface area contributed by atoms with Crippen LogP contribution in [-0.2, 0) is 17.6 Å². The Balaban J connectivity index is 1.79. The van der Waals surface area contributed by atoms with Crippen molar-refractivity contribution >= 4 is 28.3 Å². The molecule has 3 rings (SSSR count). The zero-order chi connectivity index (χ0) is 14.1. The van der Waals surface area contributed by atoms with Crippen LogP contribution in [0.2, 0.25) is 0 Å². The molecule has 0 unspecified atom stereocenters. The Morgan fingerprint density at radius 3 is 2.65 bits per heavy atom. The highest BCUT2D eigenvalue weighted by Gasteiger charge is 2.25. The van der Waals surface area contributed by atoms with Gasteiger partial charge in [0.15, 0.2) is 5.82 Å². The van der Waals surface area contributed by atoms with Crippen molar-refractivity contribution in [1.82, 2.24) is 4.37 Å². The van der Waals surface area contributed by atoms with Gasteiger partial charge in [0.05, 0.1) is 7.11 Å². The first-order chi connectivity index (χ1) is 9.69. The summed E-state index contributed by atoms with van der Waals surface area (Å²) in [5.74, 6) is -0.228. The van der Waals surface area contributed by atoms with E-state index < -0.39 is 5.97 Å². The van der Waals surface area contributed by atoms with Crippen LogP contribution in [0.15, 0.2) is 24.3 Å². The number of hydrogen-bond acceptors (Lipinski definition) is 6. The van der Waals surface area contributed by atoms with Crippen molar-refractivity contribution in [2.24, 2.45) is 0 Å². The first kappa shape index (κ1) is 12.9. The molecule has 1 aromatic heterocycles. The predicted molar refractivity (Wildman–Crippen MR) is 79.1 cm³/mol. The third kappa shape index (κ3) is 2.22. The van der Waals surface area contributed by atoms with E-state index in [9.17, 15) is 4.79 Å². The summed E-state index contributed by atoms with van der Waals surface area (Å²) in [6, 6.07) is 8.63. The number of methoxy groups -OCH3 is 1. The Labute approximate surface area is 120 Å². The number of nitrogens with two attached hydrogens (primary N) is 1. The molecule has 0 radical (unpaired) electrons. The number of nitrogen functional groups attached to an aromatic ring is 1. The van der Waals surface area contributed by atoms with Crippen molar-refractivity contribution in [3.8, 4) is 0 Å². The van der Waals surface area contributed by atoms with Crippen LogP contribution >= 0.6 is 11.5 Å². The Morgan fingerprint density at radius 2 is 2.05 bits per heavy atom. The van der Waals surface area contributed by atoms with Gasteiger partial charge in [-0.25, -0.2) is 4.79 Å². The molecule has 5 nitrogen and oxygen atoms in total. The Bertz CT molecular complexity index is 629. The van der Waals surface area contributed by atoms with Crippen LogP contribution in [0.5, 0.6) is 0 Å². The highest BCUT2D eigenvalue weighted by molar-refractivity contribution is 7.11. The Kier molecular flexibility index (Phi) is 3.31. The molecular formula is C14H15N3O2S. The van der Waals surface area contributed by atoms with Crippen molar-refractivity contribution in [3.63, 3.8) is 0 Å². The van der Waals surface area contributed by atoms with Gasteiger partial charge in [-0.2, -0.15) is 4.37 Å². The second kappa shape index (κ2) is 5.13. The molecule has 0 spiro atoms. The summed E-state index contributed by atoms with van der Waals surface area (Å²) in [6.07, 6.45) is 1.88. The van der Waals surface area contributed by atoms with Gasteiger partial charge in [0.2, 0.25) is 0 Å². The topological polar surface area (TPSA) is 77.2 Å². The van der Waals surface area contributed by atoms with Crippen molar-refractivity contribution < 1.29 is 9.53 Å². The molecule has 3 N–H and O–H groups in total. The summed E-state index contributed by atoms with van der Waals surface area (Å²) < 4.78 is 8.78. The molecule has 0 bridgehead atoms. The number of nitrogens with one attached hydrogen (secondary N) is 1. The average molecular weight is 289 g/mol. The van der Waals surface area contributed by atoms with Gasteiger partial charge in [0, 0.05) is 6.04 Å². The van der Waals surface area contributed by atoms with E-state index in [0.29, 0.717) is 10.6 Å². The van der Waals surface area contributed by atoms with E-state index in [-0.39, 0.29) is 11.9 Å². The number of nitrogens with zero attached hydrogens (tertiary/aromatic N) is 1. The minimum atomic E-state index is -0.450. The van der Waals surface area contributed by atoms with Crippen molar-refractivity contribution in [2.75, 3.05) is 18.2 Å². The number of carbonyl (C=O) groups is 1. The van der Waals surface area contributed by atoms with E-state index in [0.717, 1.165) is 12.8 Å². The molecule has 1 heterocycles. The molecule has 0 fully saturated rings. The van der Waals surface area contributed by atoms with Gasteiger partial charge in [-0.15, -0.1) is 0 Å². The quantitative estimate of drug-likeness (QED) is 0.846. The summed E-state index contributed by atoms with van der Waals surface area (Å²) >= 11 is 1.20. The van der Waals surface area contributed by atoms with Gasteiger partial charge >= 0.3 is 5.97 Å². The number of carbonyl (C=O) groups excluding carboxylic acids is 1. The molecule has 0 amide bonds. The second-order valence-electron chi connectivity index (χ2n) is 4.78. The molecule has 0 saturated heterocycles. The number of benzene rings is 1. The summed E-state index contributed by atoms with van der Waals surface area (Å²) in [5, 5.41) is 4.05. The molecule has 1 aliphatic rings. The van der Waals surface area contributed by atoms with Crippen LogP contribution in [-0.4, -0.2) is 23.5 Å². The second-order valence-corrected chi connectivity index (χ2v) is 5.56. The lowest BCUT2D eigenvalue weighted by Crippen LogP contribution is -2.20. The van der Waals surface area contributed by atoms with E-state index >= 15 is 0 Å². The molecule has 1 aliphatic carbocycles. The molecule has 2 aromatic rings. The first-order valence-electron chi connectivity index (χ1n) is 6.36. The van der Waals surface area contributed by atoms with Crippen molar-refractivity contribution in [2.45, 2.75) is 18.9 Å². The normalized spacial score (nSPS) is 14.1. The van der Waals surface area contributed by atoms with E-state index in [1.807, 2.05) is 12.1 Å². The zero-order valence-corrected chi connectivity index (χ0v) is 11.9. The predicted octanol–water partition coefficient (Wildman–Crippen LogP) is 2.09. The van der Waals surface area contributed by atoms with Crippen LogP contribution in [0.25, 0.3) is 0 Å². The van der Waals surface area contributed by atoms with Crippen molar-refractivity contribution in [1.29, 1.82) is 0 Å². The van der Waals surface area contributed by atoms with Crippen LogP contribution in [0, 0.1) is 0 Å². The number of anilines is 2. The molecule has 104 valence electrons. The fourth-order valence-electron chi connectivity index (χ4n) is 2.55. The lowest BCUT2D eigenvalue weighted by molar-refractivity contribution is 0.0603. The lowest BCUT2D eigenvalue weighted by Gasteiger charge is -2.12. The highest BCUT2D eigenvalue weighted by atomic mass is 32.1. The lowest BCUT2D eigenvalue weighted by atomic mass is 10.1. The maximum atomic E-state index is 11.7. The van der Waals surface area contributed by atoms with Gasteiger partial charge in [0.25, 0.3) is 0 Å². The van der Waals surface area contributed by atoms with Gasteiger partial charge in [-0.3, -0.25) is 0 Å². The fraction of sp³-hybridized carbons (Fsp3) is 0.286. The van der Waals surface area contributed by atoms with Gasteiger partial charge in [-0.1, -0.05) is 24.3 Å². The fourth-order valence-corrected chi connectivity index (χ4v) is 3.33. The molecular weight excluding hydrogens is 274 g/mol. The number of aromatic nitrogens is 1. The van der Waals surface area contributed by atoms with Crippen LogP contribution in [0.4, 0.5) is 10.8 Å². The van der Waals surface area contributed by atoms with Gasteiger partial charge < -0.3 is 15.8 Å². The Hall–Kier alpha value is -2.08. The average Bonchev–Trinajstić information content (AvgIpc) is 3.01. The van der Waals surface area contributed by atoms with Crippen LogP contribution < -0.4 is 11.1 Å². The van der Waals surface area contributed by atoms with Crippen molar-refractivity contribution in [3.05, 3.63) is 41.0 Å². The maximum Gasteiger partial charge on any atom is 0.344 e. The van der Waals surface area contributed by atoms with Crippen LogP contribution in [0.3, 0.4) is 0 Å². The third-order valence-corrected chi connectivity index (χ3v) is 4.29. The molecule has 6 heteroatoms. The smallest absolute Gasteiger partial charge is 0.344 e. The summed E-state index contributed by atoms with van der Waals surface area (Å²) in [7, 11) is 1.34. The number of esters is 1. The first-order valence-corrected chi connectivity index (χ1v) is 7.13. The maximum absolute atomic E-state index is 11.7. The molecule has 20 heavy (non-hydrogen) atoms. The Morgan fingerprint density at radius 1 is 1.40 bits per heavy atom. The SMILES string of the molecule is COC(=O)c1c(N)nsc1NC1Cc2ccccc2C1. The van der Waals surface area contributed by atoms with E-state index in [1.54, 1.807) is 0 Å². The minimum absolute atomic E-state index is 0.222. The summed E-state index contributed by atoms with van der Waals surface area (Å²) in [4.78, 5) is 11.7. The molecule has 0 aliphatic heterocycles. The van der Waals surface area contributed by atoms with E-state index in [1.165, 1.54) is 29.8 Å². The number of hydrogen-bond donors (Lipinski definition) is 2. The zero-order valence-electron chi connectivity index (χ0n) is 11.1. The largest absolute Gasteiger partial charge is 0.465 e. The monoisotopic (exact) mass is 289 g/mol. The highest BCUT2D eigenvalue weighted by Crippen LogP contribution is 2.31. The third-order valence-electron chi connectivity index (χ3n) is 3.49. The summed E-state index contributed by atoms with van der Waals surface area (Å²) in [6.45, 7) is 0. The molecule has 0 atom stereocenters. The number of rotatable bonds is 3. The molecule has 1 aromatic carbocycles. The minimum Gasteiger partial charge on any atom is -0.465 e. The molecule has 0 saturated carbocycles. The van der Waals surface area contributed by atoms with Gasteiger partial charge in [0.1, 0.15) is 10.6 Å². The number of ether oxygens (including phenoxy) is 1. The van der Waals surface area contributed by atoms with Gasteiger partial charge in [-0.05, 0) is 35.5 Å². The summed E-state index contributed by atoms with van der Waals surface area (Å²) in [5.41, 5.74) is 8.77. The standard InChI is InChI=1S/C14H15N3O2S/c1-19-14(18)11-12(15)17-20-13(11)16-10-6-8-4-2-3-5-9(8)7-10/h2-5,10,16H,6-7H2,1H3,(H2,15,17). The van der Waals surface area contributed by atoms with E-state index in [4.69, 9.17) is 10.5 Å².